The SMILES string of the molecule is C=C(C)C1CC[C@]2(C)C(C(=O)C=C3C4C[C@@](C)(C(=O)OCc5ccccc5)CC[C@]4(C)CC[C@]32C)[C@@]1(C)CCC#N. The minimum Gasteiger partial charge on any atom is -0.460 e. The molecule has 41 heavy (non-hydrogen) atoms. The number of hydrogen-bond donors (Lipinski definition) is 0. The average molecular weight is 556 g/mol. The molecule has 0 spiro atoms. The molecule has 0 bridgehead atoms. The van der Waals surface area contributed by atoms with E-state index in [-0.39, 0.29) is 51.2 Å². The lowest BCUT2D eigenvalue weighted by atomic mass is 9.35. The largest absolute Gasteiger partial charge is 0.460 e. The van der Waals surface area contributed by atoms with E-state index >= 15 is 0 Å². The van der Waals surface area contributed by atoms with Crippen LogP contribution in [0.2, 0.25) is 0 Å². The van der Waals surface area contributed by atoms with Crippen LogP contribution in [0, 0.1) is 56.2 Å². The molecule has 4 nitrogen and oxygen atoms in total. The highest BCUT2D eigenvalue weighted by Crippen LogP contribution is 2.73. The highest BCUT2D eigenvalue weighted by atomic mass is 16.5. The van der Waals surface area contributed by atoms with E-state index in [1.54, 1.807) is 0 Å². The Morgan fingerprint density at radius 2 is 1.73 bits per heavy atom. The molecular formula is C37H49NO3. The molecule has 3 unspecified atom stereocenters. The van der Waals surface area contributed by atoms with Crippen molar-refractivity contribution in [1.82, 2.24) is 0 Å². The van der Waals surface area contributed by atoms with Crippen molar-refractivity contribution in [2.75, 3.05) is 0 Å². The molecule has 0 radical (unpaired) electrons. The van der Waals surface area contributed by atoms with Crippen LogP contribution in [-0.4, -0.2) is 11.8 Å². The third-order valence-electron chi connectivity index (χ3n) is 12.9. The molecule has 3 saturated carbocycles. The Hall–Kier alpha value is -2.67. The minimum atomic E-state index is -0.572. The second-order valence-corrected chi connectivity index (χ2v) is 15.3. The predicted molar refractivity (Wildman–Crippen MR) is 162 cm³/mol. The molecule has 0 saturated heterocycles. The number of hydrogen-bond acceptors (Lipinski definition) is 4. The van der Waals surface area contributed by atoms with Crippen LogP contribution in [0.15, 0.2) is 54.1 Å². The van der Waals surface area contributed by atoms with Crippen molar-refractivity contribution in [2.24, 2.45) is 44.8 Å². The molecule has 0 N–H and O–H groups in total. The number of nitrogens with zero attached hydrogens (tertiary/aromatic N) is 1. The quantitative estimate of drug-likeness (QED) is 0.260. The maximum atomic E-state index is 14.4. The van der Waals surface area contributed by atoms with Gasteiger partial charge in [-0.15, -0.1) is 0 Å². The van der Waals surface area contributed by atoms with E-state index in [1.165, 1.54) is 5.57 Å². The Bertz CT molecular complexity index is 1310. The summed E-state index contributed by atoms with van der Waals surface area (Å²) in [7, 11) is 0. The Kier molecular flexibility index (Phi) is 7.45. The van der Waals surface area contributed by atoms with Crippen LogP contribution in [0.5, 0.6) is 0 Å². The van der Waals surface area contributed by atoms with Gasteiger partial charge in [-0.05, 0) is 110 Å². The van der Waals surface area contributed by atoms with E-state index in [4.69, 9.17) is 4.74 Å². The number of carbonyl (C=O) groups is 2. The lowest BCUT2D eigenvalue weighted by Crippen LogP contribution is -2.63. The zero-order chi connectivity index (χ0) is 29.8. The molecule has 1 aromatic rings. The Balaban J connectivity index is 1.50. The summed E-state index contributed by atoms with van der Waals surface area (Å²) in [6.07, 6.45) is 9.88. The van der Waals surface area contributed by atoms with E-state index in [1.807, 2.05) is 36.4 Å². The second-order valence-electron chi connectivity index (χ2n) is 15.3. The first-order chi connectivity index (χ1) is 19.2. The molecule has 220 valence electrons. The van der Waals surface area contributed by atoms with Gasteiger partial charge in [-0.3, -0.25) is 9.59 Å². The van der Waals surface area contributed by atoms with Gasteiger partial charge in [-0.25, -0.2) is 0 Å². The van der Waals surface area contributed by atoms with Gasteiger partial charge >= 0.3 is 5.97 Å². The first-order valence-electron chi connectivity index (χ1n) is 15.7. The number of carbonyl (C=O) groups excluding carboxylic acids is 2. The van der Waals surface area contributed by atoms with Crippen molar-refractivity contribution in [2.45, 2.75) is 106 Å². The van der Waals surface area contributed by atoms with Gasteiger partial charge in [0.25, 0.3) is 0 Å². The van der Waals surface area contributed by atoms with Gasteiger partial charge in [-0.1, -0.05) is 75.8 Å². The van der Waals surface area contributed by atoms with E-state index in [2.05, 4.69) is 54.2 Å². The number of ketones is 1. The van der Waals surface area contributed by atoms with E-state index in [0.717, 1.165) is 62.5 Å². The van der Waals surface area contributed by atoms with Crippen molar-refractivity contribution in [3.05, 3.63) is 59.7 Å². The van der Waals surface area contributed by atoms with Crippen LogP contribution in [0.25, 0.3) is 0 Å². The predicted octanol–water partition coefficient (Wildman–Crippen LogP) is 8.77. The minimum absolute atomic E-state index is 0.0764. The van der Waals surface area contributed by atoms with Crippen molar-refractivity contribution in [1.29, 1.82) is 5.26 Å². The van der Waals surface area contributed by atoms with Gasteiger partial charge in [-0.2, -0.15) is 5.26 Å². The topological polar surface area (TPSA) is 67.2 Å². The number of esters is 1. The molecule has 4 aliphatic carbocycles. The van der Waals surface area contributed by atoms with Crippen molar-refractivity contribution in [3.8, 4) is 6.07 Å². The van der Waals surface area contributed by atoms with Gasteiger partial charge in [0.15, 0.2) is 5.78 Å². The molecule has 4 heteroatoms. The van der Waals surface area contributed by atoms with Gasteiger partial charge < -0.3 is 4.74 Å². The van der Waals surface area contributed by atoms with Crippen LogP contribution >= 0.6 is 0 Å². The van der Waals surface area contributed by atoms with E-state index < -0.39 is 5.41 Å². The highest BCUT2D eigenvalue weighted by molar-refractivity contribution is 5.95. The van der Waals surface area contributed by atoms with Crippen molar-refractivity contribution in [3.63, 3.8) is 0 Å². The maximum absolute atomic E-state index is 14.4. The van der Waals surface area contributed by atoms with Crippen LogP contribution in [0.4, 0.5) is 0 Å². The molecule has 8 atom stereocenters. The number of allylic oxidation sites excluding steroid dienone is 3. The highest BCUT2D eigenvalue weighted by Gasteiger charge is 2.68. The van der Waals surface area contributed by atoms with Gasteiger partial charge in [0, 0.05) is 12.3 Å². The fourth-order valence-corrected chi connectivity index (χ4v) is 10.1. The molecule has 5 rings (SSSR count). The van der Waals surface area contributed by atoms with E-state index in [0.29, 0.717) is 13.0 Å². The monoisotopic (exact) mass is 555 g/mol. The summed E-state index contributed by atoms with van der Waals surface area (Å²) in [5, 5.41) is 9.55. The summed E-state index contributed by atoms with van der Waals surface area (Å²) in [6.45, 7) is 18.3. The maximum Gasteiger partial charge on any atom is 0.312 e. The first kappa shape index (κ1) is 29.8. The Morgan fingerprint density at radius 3 is 2.39 bits per heavy atom. The summed E-state index contributed by atoms with van der Waals surface area (Å²) < 4.78 is 5.91. The van der Waals surface area contributed by atoms with Crippen LogP contribution in [-0.2, 0) is 20.9 Å². The van der Waals surface area contributed by atoms with E-state index in [9.17, 15) is 14.9 Å². The van der Waals surface area contributed by atoms with Crippen molar-refractivity contribution >= 4 is 11.8 Å². The average Bonchev–Trinajstić information content (AvgIpc) is 2.93. The Morgan fingerprint density at radius 1 is 1.05 bits per heavy atom. The number of nitriles is 1. The van der Waals surface area contributed by atoms with Gasteiger partial charge in [0.1, 0.15) is 6.61 Å². The normalized spacial score (nSPS) is 41.6. The molecule has 0 aliphatic heterocycles. The lowest BCUT2D eigenvalue weighted by molar-refractivity contribution is -0.169. The summed E-state index contributed by atoms with van der Waals surface area (Å²) in [5.74, 6) is 0.392. The zero-order valence-corrected chi connectivity index (χ0v) is 26.1. The molecule has 4 aliphatic rings. The number of ether oxygens (including phenoxy) is 1. The standard InChI is InChI=1S/C37H49NO3/c1-25(2)27-14-16-37(7)31(35(27,5)15-11-21-38)30(39)22-28-29-23-34(4,18-17-33(29,3)19-20-36(28,37)6)32(40)41-24-26-12-9-8-10-13-26/h8-10,12-13,22,27,29,31H,1,11,14-20,23-24H2,2-7H3/t27?,29?,31?,33-,34+,35+,36-,37-/m1/s1. The van der Waals surface area contributed by atoms with Gasteiger partial charge in [0.05, 0.1) is 11.5 Å². The third kappa shape index (κ3) is 4.54. The zero-order valence-electron chi connectivity index (χ0n) is 26.1. The summed E-state index contributed by atoms with van der Waals surface area (Å²) in [5.41, 5.74) is 2.30. The number of fused-ring (bicyclic) bond motifs is 5. The number of rotatable bonds is 6. The van der Waals surface area contributed by atoms with Gasteiger partial charge in [0.2, 0.25) is 0 Å². The molecule has 3 fully saturated rings. The fraction of sp³-hybridized carbons (Fsp3) is 0.649. The fourth-order valence-electron chi connectivity index (χ4n) is 10.1. The first-order valence-corrected chi connectivity index (χ1v) is 15.7. The second kappa shape index (κ2) is 10.3. The molecule has 0 aromatic heterocycles. The van der Waals surface area contributed by atoms with Crippen LogP contribution in [0.3, 0.4) is 0 Å². The summed E-state index contributed by atoms with van der Waals surface area (Å²) >= 11 is 0. The molecule has 0 amide bonds. The summed E-state index contributed by atoms with van der Waals surface area (Å²) in [4.78, 5) is 28.0. The lowest BCUT2D eigenvalue weighted by Gasteiger charge is -2.68. The Labute approximate surface area is 247 Å². The molecule has 0 heterocycles. The number of benzene rings is 1. The molecular weight excluding hydrogens is 506 g/mol. The summed E-state index contributed by atoms with van der Waals surface area (Å²) in [6, 6.07) is 12.3. The van der Waals surface area contributed by atoms with Crippen molar-refractivity contribution < 1.29 is 14.3 Å². The smallest absolute Gasteiger partial charge is 0.312 e. The third-order valence-corrected chi connectivity index (χ3v) is 12.9. The molecule has 1 aromatic carbocycles. The van der Waals surface area contributed by atoms with Crippen LogP contribution in [0.1, 0.15) is 105 Å². The van der Waals surface area contributed by atoms with Crippen LogP contribution < -0.4 is 0 Å².